The van der Waals surface area contributed by atoms with Gasteiger partial charge in [-0.2, -0.15) is 0 Å². The molecule has 2 aromatic carbocycles. The number of benzene rings is 2. The van der Waals surface area contributed by atoms with Gasteiger partial charge in [-0.15, -0.1) is 0 Å². The summed E-state index contributed by atoms with van der Waals surface area (Å²) in [6.07, 6.45) is 3.34. The first-order valence-corrected chi connectivity index (χ1v) is 6.57. The van der Waals surface area contributed by atoms with Crippen LogP contribution in [0.2, 0.25) is 0 Å². The lowest BCUT2D eigenvalue weighted by atomic mass is 10.1. The number of rotatable bonds is 5. The third kappa shape index (κ3) is 4.37. The maximum absolute atomic E-state index is 11.7. The van der Waals surface area contributed by atoms with Crippen molar-refractivity contribution in [2.45, 2.75) is 13.1 Å². The Kier molecular flexibility index (Phi) is 5.09. The van der Waals surface area contributed by atoms with Crippen molar-refractivity contribution in [3.05, 3.63) is 77.4 Å². The number of hydrogen-bond acceptors (Lipinski definition) is 2. The number of nitrogens with two attached hydrogens (primary N) is 1. The molecular formula is C17H18N2O. The lowest BCUT2D eigenvalue weighted by molar-refractivity contribution is -0.116. The van der Waals surface area contributed by atoms with E-state index in [1.54, 1.807) is 12.2 Å². The second-order valence-electron chi connectivity index (χ2n) is 4.48. The minimum atomic E-state index is -0.100. The Morgan fingerprint density at radius 3 is 2.30 bits per heavy atom. The molecule has 0 heterocycles. The van der Waals surface area contributed by atoms with Gasteiger partial charge in [0, 0.05) is 19.2 Å². The highest BCUT2D eigenvalue weighted by molar-refractivity contribution is 5.91. The first kappa shape index (κ1) is 14.0. The molecule has 0 aromatic heterocycles. The van der Waals surface area contributed by atoms with Crippen LogP contribution in [0.3, 0.4) is 0 Å². The second kappa shape index (κ2) is 7.26. The van der Waals surface area contributed by atoms with Crippen molar-refractivity contribution in [2.24, 2.45) is 5.73 Å². The van der Waals surface area contributed by atoms with Crippen LogP contribution in [0.1, 0.15) is 16.7 Å². The molecule has 0 aliphatic carbocycles. The van der Waals surface area contributed by atoms with E-state index in [1.807, 2.05) is 54.6 Å². The monoisotopic (exact) mass is 266 g/mol. The summed E-state index contributed by atoms with van der Waals surface area (Å²) >= 11 is 0. The SMILES string of the molecule is NCc1ccc(CNC(=O)/C=C/c2ccccc2)cc1. The lowest BCUT2D eigenvalue weighted by Crippen LogP contribution is -2.20. The molecule has 2 rings (SSSR count). The second-order valence-corrected chi connectivity index (χ2v) is 4.48. The van der Waals surface area contributed by atoms with Gasteiger partial charge in [0.2, 0.25) is 5.91 Å². The first-order chi connectivity index (χ1) is 9.78. The fourth-order valence-electron chi connectivity index (χ4n) is 1.78. The fourth-order valence-corrected chi connectivity index (χ4v) is 1.78. The highest BCUT2D eigenvalue weighted by Crippen LogP contribution is 2.04. The van der Waals surface area contributed by atoms with E-state index in [1.165, 1.54) is 0 Å². The third-order valence-electron chi connectivity index (χ3n) is 2.95. The molecule has 0 atom stereocenters. The smallest absolute Gasteiger partial charge is 0.244 e. The van der Waals surface area contributed by atoms with E-state index < -0.39 is 0 Å². The van der Waals surface area contributed by atoms with Crippen LogP contribution in [0.4, 0.5) is 0 Å². The van der Waals surface area contributed by atoms with Gasteiger partial charge in [0.1, 0.15) is 0 Å². The molecule has 2 aromatic rings. The van der Waals surface area contributed by atoms with Crippen molar-refractivity contribution in [3.8, 4) is 0 Å². The van der Waals surface area contributed by atoms with E-state index in [9.17, 15) is 4.79 Å². The molecule has 3 N–H and O–H groups in total. The number of hydrogen-bond donors (Lipinski definition) is 2. The number of nitrogens with one attached hydrogen (secondary N) is 1. The molecule has 0 unspecified atom stereocenters. The number of carbonyl (C=O) groups excluding carboxylic acids is 1. The maximum Gasteiger partial charge on any atom is 0.244 e. The van der Waals surface area contributed by atoms with Crippen molar-refractivity contribution in [1.29, 1.82) is 0 Å². The molecular weight excluding hydrogens is 248 g/mol. The molecule has 3 nitrogen and oxygen atoms in total. The Bertz CT molecular complexity index is 574. The summed E-state index contributed by atoms with van der Waals surface area (Å²) in [5, 5.41) is 2.85. The van der Waals surface area contributed by atoms with Crippen LogP contribution >= 0.6 is 0 Å². The van der Waals surface area contributed by atoms with E-state index in [-0.39, 0.29) is 5.91 Å². The van der Waals surface area contributed by atoms with Crippen LogP contribution in [0.5, 0.6) is 0 Å². The van der Waals surface area contributed by atoms with Crippen molar-refractivity contribution in [2.75, 3.05) is 0 Å². The maximum atomic E-state index is 11.7. The third-order valence-corrected chi connectivity index (χ3v) is 2.95. The average molecular weight is 266 g/mol. The van der Waals surface area contributed by atoms with Gasteiger partial charge in [-0.25, -0.2) is 0 Å². The van der Waals surface area contributed by atoms with Gasteiger partial charge < -0.3 is 11.1 Å². The Balaban J connectivity index is 1.84. The summed E-state index contributed by atoms with van der Waals surface area (Å²) in [7, 11) is 0. The highest BCUT2D eigenvalue weighted by atomic mass is 16.1. The van der Waals surface area contributed by atoms with Gasteiger partial charge in [0.25, 0.3) is 0 Å². The fraction of sp³-hybridized carbons (Fsp3) is 0.118. The van der Waals surface area contributed by atoms with E-state index in [0.717, 1.165) is 16.7 Å². The Hall–Kier alpha value is -2.39. The lowest BCUT2D eigenvalue weighted by Gasteiger charge is -2.03. The van der Waals surface area contributed by atoms with Crippen molar-refractivity contribution in [3.63, 3.8) is 0 Å². The summed E-state index contributed by atoms with van der Waals surface area (Å²) in [6, 6.07) is 17.6. The van der Waals surface area contributed by atoms with E-state index in [0.29, 0.717) is 13.1 Å². The molecule has 0 fully saturated rings. The van der Waals surface area contributed by atoms with Gasteiger partial charge in [0.05, 0.1) is 0 Å². The zero-order chi connectivity index (χ0) is 14.2. The van der Waals surface area contributed by atoms with Crippen LogP contribution in [0.15, 0.2) is 60.7 Å². The molecule has 0 radical (unpaired) electrons. The molecule has 0 aliphatic heterocycles. The van der Waals surface area contributed by atoms with Gasteiger partial charge in [-0.3, -0.25) is 4.79 Å². The van der Waals surface area contributed by atoms with E-state index in [2.05, 4.69) is 5.32 Å². The average Bonchev–Trinajstić information content (AvgIpc) is 2.52. The van der Waals surface area contributed by atoms with Crippen molar-refractivity contribution >= 4 is 12.0 Å². The minimum Gasteiger partial charge on any atom is -0.348 e. The van der Waals surface area contributed by atoms with Gasteiger partial charge >= 0.3 is 0 Å². The van der Waals surface area contributed by atoms with Crippen LogP contribution in [-0.2, 0) is 17.9 Å². The summed E-state index contributed by atoms with van der Waals surface area (Å²) in [6.45, 7) is 1.05. The van der Waals surface area contributed by atoms with E-state index >= 15 is 0 Å². The number of carbonyl (C=O) groups is 1. The number of amides is 1. The van der Waals surface area contributed by atoms with Crippen LogP contribution < -0.4 is 11.1 Å². The molecule has 20 heavy (non-hydrogen) atoms. The Labute approximate surface area is 119 Å². The normalized spacial score (nSPS) is 10.7. The van der Waals surface area contributed by atoms with Crippen LogP contribution in [0, 0.1) is 0 Å². The molecule has 0 saturated carbocycles. The minimum absolute atomic E-state index is 0.100. The van der Waals surface area contributed by atoms with Crippen LogP contribution in [0.25, 0.3) is 6.08 Å². The standard InChI is InChI=1S/C17H18N2O/c18-12-15-6-8-16(9-7-15)13-19-17(20)11-10-14-4-2-1-3-5-14/h1-11H,12-13,18H2,(H,19,20)/b11-10+. The molecule has 102 valence electrons. The quantitative estimate of drug-likeness (QED) is 0.817. The predicted molar refractivity (Wildman–Crippen MR) is 81.7 cm³/mol. The van der Waals surface area contributed by atoms with Gasteiger partial charge in [-0.1, -0.05) is 54.6 Å². The van der Waals surface area contributed by atoms with Crippen molar-refractivity contribution < 1.29 is 4.79 Å². The zero-order valence-corrected chi connectivity index (χ0v) is 11.3. The largest absolute Gasteiger partial charge is 0.348 e. The van der Waals surface area contributed by atoms with Crippen molar-refractivity contribution in [1.82, 2.24) is 5.32 Å². The molecule has 3 heteroatoms. The predicted octanol–water partition coefficient (Wildman–Crippen LogP) is 2.47. The summed E-state index contributed by atoms with van der Waals surface area (Å²) in [5.74, 6) is -0.100. The Morgan fingerprint density at radius 1 is 1.00 bits per heavy atom. The molecule has 0 spiro atoms. The molecule has 1 amide bonds. The highest BCUT2D eigenvalue weighted by Gasteiger charge is 1.97. The summed E-state index contributed by atoms with van der Waals surface area (Å²) < 4.78 is 0. The molecule has 0 aliphatic rings. The molecule has 0 saturated heterocycles. The van der Waals surface area contributed by atoms with Gasteiger partial charge in [-0.05, 0) is 22.8 Å². The van der Waals surface area contributed by atoms with Crippen LogP contribution in [-0.4, -0.2) is 5.91 Å². The van der Waals surface area contributed by atoms with Gasteiger partial charge in [0.15, 0.2) is 0 Å². The first-order valence-electron chi connectivity index (χ1n) is 6.57. The Morgan fingerprint density at radius 2 is 1.65 bits per heavy atom. The molecule has 0 bridgehead atoms. The zero-order valence-electron chi connectivity index (χ0n) is 11.3. The summed E-state index contributed by atoms with van der Waals surface area (Å²) in [4.78, 5) is 11.7. The van der Waals surface area contributed by atoms with E-state index in [4.69, 9.17) is 5.73 Å². The topological polar surface area (TPSA) is 55.1 Å². The summed E-state index contributed by atoms with van der Waals surface area (Å²) in [5.41, 5.74) is 8.69.